The van der Waals surface area contributed by atoms with Gasteiger partial charge in [0.2, 0.25) is 5.95 Å². The molecule has 0 aromatic carbocycles. The minimum absolute atomic E-state index is 0.00852. The van der Waals surface area contributed by atoms with Gasteiger partial charge in [0.05, 0.1) is 16.7 Å². The smallest absolute Gasteiger partial charge is 0.225 e. The van der Waals surface area contributed by atoms with Crippen molar-refractivity contribution in [3.05, 3.63) is 17.5 Å². The van der Waals surface area contributed by atoms with Gasteiger partial charge >= 0.3 is 0 Å². The fourth-order valence-electron chi connectivity index (χ4n) is 3.67. The van der Waals surface area contributed by atoms with E-state index in [9.17, 15) is 8.42 Å². The summed E-state index contributed by atoms with van der Waals surface area (Å²) in [6.07, 6.45) is 4.29. The molecule has 0 bridgehead atoms. The quantitative estimate of drug-likeness (QED) is 0.814. The fourth-order valence-corrected chi connectivity index (χ4v) is 5.70. The Hall–Kier alpha value is -1.21. The van der Waals surface area contributed by atoms with Crippen molar-refractivity contribution in [2.45, 2.75) is 29.8 Å². The van der Waals surface area contributed by atoms with Crippen LogP contribution in [0.5, 0.6) is 0 Å². The molecule has 2 fully saturated rings. The lowest BCUT2D eigenvalue weighted by molar-refractivity contribution is 0.320. The van der Waals surface area contributed by atoms with Crippen LogP contribution in [0, 0.1) is 5.92 Å². The second-order valence-electron chi connectivity index (χ2n) is 7.09. The van der Waals surface area contributed by atoms with Gasteiger partial charge in [-0.3, -0.25) is 0 Å². The Morgan fingerprint density at radius 1 is 1.32 bits per heavy atom. The summed E-state index contributed by atoms with van der Waals surface area (Å²) in [5.41, 5.74) is 1.75. The van der Waals surface area contributed by atoms with Gasteiger partial charge in [-0.15, -0.1) is 0 Å². The van der Waals surface area contributed by atoms with E-state index in [0.717, 1.165) is 30.3 Å². The summed E-state index contributed by atoms with van der Waals surface area (Å²) < 4.78 is 25.2. The van der Waals surface area contributed by atoms with Crippen molar-refractivity contribution in [2.24, 2.45) is 5.92 Å². The third kappa shape index (κ3) is 2.40. The van der Waals surface area contributed by atoms with E-state index in [4.69, 9.17) is 0 Å². The molecule has 2 atom stereocenters. The predicted octanol–water partition coefficient (Wildman–Crippen LogP) is 0.649. The number of anilines is 1. The van der Waals surface area contributed by atoms with Crippen molar-refractivity contribution >= 4 is 15.8 Å². The molecule has 1 aromatic heterocycles. The Labute approximate surface area is 131 Å². The van der Waals surface area contributed by atoms with Crippen molar-refractivity contribution in [1.29, 1.82) is 0 Å². The van der Waals surface area contributed by atoms with E-state index in [2.05, 4.69) is 14.9 Å². The van der Waals surface area contributed by atoms with Gasteiger partial charge in [0, 0.05) is 51.4 Å². The Bertz CT molecular complexity index is 699. The number of nitrogens with zero attached hydrogens (tertiary/aromatic N) is 4. The van der Waals surface area contributed by atoms with Crippen LogP contribution in [0.4, 0.5) is 5.95 Å². The first-order valence-electron chi connectivity index (χ1n) is 7.91. The van der Waals surface area contributed by atoms with Gasteiger partial charge < -0.3 is 9.80 Å². The van der Waals surface area contributed by atoms with E-state index >= 15 is 0 Å². The topological polar surface area (TPSA) is 66.4 Å². The lowest BCUT2D eigenvalue weighted by Gasteiger charge is -2.27. The molecule has 0 unspecified atom stereocenters. The standard InChI is InChI=1S/C15H22N4O2S/c1-18(2)15-16-5-11-9-22(20,21)13-8-19(6-10-3-4-10)7-12(13)14(11)17-15/h5,10,12-13H,3-4,6-9H2,1-2H3/t12-,13+/m1/s1. The van der Waals surface area contributed by atoms with Crippen LogP contribution < -0.4 is 4.90 Å². The molecule has 120 valence electrons. The summed E-state index contributed by atoms with van der Waals surface area (Å²) in [6, 6.07) is 0. The molecule has 0 amide bonds. The average Bonchev–Trinajstić information content (AvgIpc) is 3.14. The third-order valence-electron chi connectivity index (χ3n) is 5.01. The summed E-state index contributed by atoms with van der Waals surface area (Å²) in [6.45, 7) is 2.53. The van der Waals surface area contributed by atoms with Crippen molar-refractivity contribution in [3.8, 4) is 0 Å². The summed E-state index contributed by atoms with van der Waals surface area (Å²) in [7, 11) is 0.729. The highest BCUT2D eigenvalue weighted by Gasteiger charge is 2.48. The lowest BCUT2D eigenvalue weighted by Crippen LogP contribution is -2.35. The van der Waals surface area contributed by atoms with Crippen LogP contribution in [0.25, 0.3) is 0 Å². The van der Waals surface area contributed by atoms with Crippen LogP contribution in [-0.4, -0.2) is 62.3 Å². The molecule has 0 N–H and O–H groups in total. The third-order valence-corrected chi connectivity index (χ3v) is 7.12. The summed E-state index contributed by atoms with van der Waals surface area (Å²) >= 11 is 0. The molecular weight excluding hydrogens is 300 g/mol. The molecule has 7 heteroatoms. The predicted molar refractivity (Wildman–Crippen MR) is 84.7 cm³/mol. The van der Waals surface area contributed by atoms with Gasteiger partial charge in [-0.25, -0.2) is 18.4 Å². The molecule has 3 aliphatic rings. The van der Waals surface area contributed by atoms with Crippen LogP contribution >= 0.6 is 0 Å². The van der Waals surface area contributed by atoms with E-state index in [1.165, 1.54) is 12.8 Å². The highest BCUT2D eigenvalue weighted by molar-refractivity contribution is 7.91. The van der Waals surface area contributed by atoms with Crippen molar-refractivity contribution in [3.63, 3.8) is 0 Å². The zero-order chi connectivity index (χ0) is 15.5. The second-order valence-corrected chi connectivity index (χ2v) is 9.31. The molecule has 4 rings (SSSR count). The largest absolute Gasteiger partial charge is 0.347 e. The molecule has 2 aliphatic heterocycles. The van der Waals surface area contributed by atoms with Crippen molar-refractivity contribution < 1.29 is 8.42 Å². The van der Waals surface area contributed by atoms with Gasteiger partial charge in [0.15, 0.2) is 9.84 Å². The Balaban J connectivity index is 1.70. The van der Waals surface area contributed by atoms with E-state index in [1.54, 1.807) is 6.20 Å². The maximum atomic E-state index is 12.6. The van der Waals surface area contributed by atoms with E-state index in [-0.39, 0.29) is 16.9 Å². The molecular formula is C15H22N4O2S. The Morgan fingerprint density at radius 3 is 2.77 bits per heavy atom. The number of fused-ring (bicyclic) bond motifs is 3. The number of hydrogen-bond donors (Lipinski definition) is 0. The van der Waals surface area contributed by atoms with Crippen molar-refractivity contribution in [1.82, 2.24) is 14.9 Å². The SMILES string of the molecule is CN(C)c1ncc2c(n1)[C@@H]1CN(CC3CC3)C[C@@H]1S(=O)(=O)C2. The normalized spacial score (nSPS) is 29.9. The van der Waals surface area contributed by atoms with Crippen LogP contribution in [0.15, 0.2) is 6.20 Å². The number of aromatic nitrogens is 2. The van der Waals surface area contributed by atoms with Gasteiger partial charge in [-0.05, 0) is 18.8 Å². The molecule has 1 aromatic rings. The zero-order valence-corrected chi connectivity index (χ0v) is 13.9. The molecule has 3 heterocycles. The molecule has 1 saturated carbocycles. The molecule has 0 radical (unpaired) electrons. The summed E-state index contributed by atoms with van der Waals surface area (Å²) in [5.74, 6) is 1.55. The second kappa shape index (κ2) is 4.89. The van der Waals surface area contributed by atoms with Gasteiger partial charge in [0.1, 0.15) is 0 Å². The van der Waals surface area contributed by atoms with Crippen LogP contribution in [0.1, 0.15) is 30.0 Å². The van der Waals surface area contributed by atoms with Crippen LogP contribution in [0.2, 0.25) is 0 Å². The lowest BCUT2D eigenvalue weighted by atomic mass is 10.00. The summed E-state index contributed by atoms with van der Waals surface area (Å²) in [4.78, 5) is 13.2. The van der Waals surface area contributed by atoms with E-state index in [1.807, 2.05) is 19.0 Å². The maximum absolute atomic E-state index is 12.6. The van der Waals surface area contributed by atoms with Crippen LogP contribution in [-0.2, 0) is 15.6 Å². The molecule has 1 saturated heterocycles. The van der Waals surface area contributed by atoms with Crippen molar-refractivity contribution in [2.75, 3.05) is 38.6 Å². The number of rotatable bonds is 3. The zero-order valence-electron chi connectivity index (χ0n) is 13.1. The first kappa shape index (κ1) is 14.4. The minimum Gasteiger partial charge on any atom is -0.347 e. The molecule has 0 spiro atoms. The number of sulfone groups is 1. The van der Waals surface area contributed by atoms with E-state index < -0.39 is 9.84 Å². The monoisotopic (exact) mass is 322 g/mol. The maximum Gasteiger partial charge on any atom is 0.225 e. The highest BCUT2D eigenvalue weighted by Crippen LogP contribution is 2.41. The Morgan fingerprint density at radius 2 is 2.09 bits per heavy atom. The first-order chi connectivity index (χ1) is 10.4. The fraction of sp³-hybridized carbons (Fsp3) is 0.733. The Kier molecular flexibility index (Phi) is 3.20. The highest BCUT2D eigenvalue weighted by atomic mass is 32.2. The average molecular weight is 322 g/mol. The molecule has 1 aliphatic carbocycles. The van der Waals surface area contributed by atoms with E-state index in [0.29, 0.717) is 12.5 Å². The first-order valence-corrected chi connectivity index (χ1v) is 9.62. The van der Waals surface area contributed by atoms with Crippen LogP contribution in [0.3, 0.4) is 0 Å². The summed E-state index contributed by atoms with van der Waals surface area (Å²) in [5, 5.41) is -0.288. The van der Waals surface area contributed by atoms with Gasteiger partial charge in [-0.1, -0.05) is 0 Å². The van der Waals surface area contributed by atoms with Gasteiger partial charge in [0.25, 0.3) is 0 Å². The number of likely N-dealkylation sites (tertiary alicyclic amines) is 1. The minimum atomic E-state index is -3.09. The number of hydrogen-bond acceptors (Lipinski definition) is 6. The van der Waals surface area contributed by atoms with Gasteiger partial charge in [-0.2, -0.15) is 0 Å². The molecule has 22 heavy (non-hydrogen) atoms. The molecule has 6 nitrogen and oxygen atoms in total.